The number of carbonyl (C=O) groups is 3. The summed E-state index contributed by atoms with van der Waals surface area (Å²) >= 11 is 6.10. The van der Waals surface area contributed by atoms with Crippen LogP contribution in [0.3, 0.4) is 0 Å². The van der Waals surface area contributed by atoms with Gasteiger partial charge >= 0.3 is 5.97 Å². The van der Waals surface area contributed by atoms with Crippen LogP contribution in [0.5, 0.6) is 0 Å². The molecule has 3 heterocycles. The predicted octanol–water partition coefficient (Wildman–Crippen LogP) is 4.30. The van der Waals surface area contributed by atoms with E-state index in [0.29, 0.717) is 49.4 Å². The number of amides is 2. The second-order valence-electron chi connectivity index (χ2n) is 10.9. The molecule has 1 spiro atoms. The number of likely N-dealkylation sites (tertiary alicyclic amines) is 1. The maximum absolute atomic E-state index is 14.4. The molecule has 1 aromatic carbocycles. The molecule has 3 aliphatic heterocycles. The van der Waals surface area contributed by atoms with Crippen LogP contribution in [0.4, 0.5) is 5.69 Å². The summed E-state index contributed by atoms with van der Waals surface area (Å²) in [6.45, 7) is 10.3. The fraction of sp³-hybridized carbons (Fsp3) is 0.567. The molecule has 9 heteroatoms. The Labute approximate surface area is 235 Å². The van der Waals surface area contributed by atoms with Gasteiger partial charge in [0, 0.05) is 30.4 Å². The van der Waals surface area contributed by atoms with Gasteiger partial charge in [0.15, 0.2) is 0 Å². The van der Waals surface area contributed by atoms with Crippen LogP contribution in [0.25, 0.3) is 0 Å². The molecular weight excluding hydrogens is 520 g/mol. The molecule has 2 unspecified atom stereocenters. The molecule has 39 heavy (non-hydrogen) atoms. The lowest BCUT2D eigenvalue weighted by atomic mass is 9.66. The van der Waals surface area contributed by atoms with E-state index < -0.39 is 35.0 Å². The van der Waals surface area contributed by atoms with Crippen molar-refractivity contribution < 1.29 is 29.0 Å². The second kappa shape index (κ2) is 12.2. The molecule has 0 aliphatic carbocycles. The number of aliphatic hydroxyl groups excluding tert-OH is 1. The molecule has 0 saturated carbocycles. The summed E-state index contributed by atoms with van der Waals surface area (Å²) in [7, 11) is 0. The molecule has 4 rings (SSSR count). The number of rotatable bonds is 14. The van der Waals surface area contributed by atoms with Crippen molar-refractivity contribution in [2.45, 2.75) is 69.1 Å². The maximum Gasteiger partial charge on any atom is 0.312 e. The number of esters is 1. The van der Waals surface area contributed by atoms with E-state index in [9.17, 15) is 14.4 Å². The molecule has 2 bridgehead atoms. The van der Waals surface area contributed by atoms with Gasteiger partial charge in [-0.25, -0.2) is 0 Å². The van der Waals surface area contributed by atoms with Gasteiger partial charge in [0.05, 0.1) is 18.1 Å². The zero-order chi connectivity index (χ0) is 28.2. The number of hydrogen-bond donors (Lipinski definition) is 1. The summed E-state index contributed by atoms with van der Waals surface area (Å²) in [5.41, 5.74) is -1.37. The van der Waals surface area contributed by atoms with Crippen molar-refractivity contribution in [1.29, 1.82) is 0 Å². The first-order chi connectivity index (χ1) is 18.7. The van der Waals surface area contributed by atoms with E-state index >= 15 is 0 Å². The monoisotopic (exact) mass is 558 g/mol. The largest absolute Gasteiger partial charge is 0.465 e. The summed E-state index contributed by atoms with van der Waals surface area (Å²) in [4.78, 5) is 45.2. The molecule has 8 nitrogen and oxygen atoms in total. The third-order valence-electron chi connectivity index (χ3n) is 8.35. The average Bonchev–Trinajstić information content (AvgIpc) is 3.48. The van der Waals surface area contributed by atoms with Crippen LogP contribution in [-0.2, 0) is 23.9 Å². The van der Waals surface area contributed by atoms with Crippen LogP contribution in [0.2, 0.25) is 5.02 Å². The SMILES string of the molecule is C=CCCOC(=O)[C@@H]1[C@H]2C(=O)N(CCCCCCO)C(C(=O)N(CC=C)c3ccc(Cl)cc3)C23CC[C@@]1(C)O3. The summed E-state index contributed by atoms with van der Waals surface area (Å²) in [5, 5.41) is 9.68. The number of unbranched alkanes of at least 4 members (excludes halogenated alkanes) is 3. The highest BCUT2D eigenvalue weighted by Crippen LogP contribution is 2.63. The molecule has 0 aromatic heterocycles. The Hall–Kier alpha value is -2.68. The Morgan fingerprint density at radius 1 is 1.18 bits per heavy atom. The van der Waals surface area contributed by atoms with Crippen molar-refractivity contribution in [2.75, 3.05) is 31.2 Å². The third-order valence-corrected chi connectivity index (χ3v) is 8.61. The lowest BCUT2D eigenvalue weighted by molar-refractivity contribution is -0.159. The normalized spacial score (nSPS) is 28.8. The van der Waals surface area contributed by atoms with Crippen LogP contribution in [-0.4, -0.2) is 71.3 Å². The minimum Gasteiger partial charge on any atom is -0.465 e. The molecule has 0 radical (unpaired) electrons. The molecule has 212 valence electrons. The number of ether oxygens (including phenoxy) is 2. The van der Waals surface area contributed by atoms with E-state index in [4.69, 9.17) is 26.2 Å². The molecule has 3 aliphatic rings. The van der Waals surface area contributed by atoms with Crippen molar-refractivity contribution in [3.05, 3.63) is 54.6 Å². The fourth-order valence-corrected chi connectivity index (χ4v) is 6.73. The molecule has 2 amide bonds. The van der Waals surface area contributed by atoms with Gasteiger partial charge in [-0.05, 0) is 63.3 Å². The molecule has 5 atom stereocenters. The Morgan fingerprint density at radius 3 is 2.56 bits per heavy atom. The molecule has 3 saturated heterocycles. The highest BCUT2D eigenvalue weighted by molar-refractivity contribution is 6.30. The summed E-state index contributed by atoms with van der Waals surface area (Å²) in [6, 6.07) is 6.07. The van der Waals surface area contributed by atoms with Crippen LogP contribution in [0, 0.1) is 11.8 Å². The van der Waals surface area contributed by atoms with Gasteiger partial charge in [0.1, 0.15) is 17.6 Å². The van der Waals surface area contributed by atoms with E-state index in [0.717, 1.165) is 12.8 Å². The highest BCUT2D eigenvalue weighted by atomic mass is 35.5. The maximum atomic E-state index is 14.4. The number of halogens is 1. The van der Waals surface area contributed by atoms with E-state index in [1.165, 1.54) is 0 Å². The smallest absolute Gasteiger partial charge is 0.312 e. The first-order valence-corrected chi connectivity index (χ1v) is 14.2. The standard InChI is InChI=1S/C30H39ClN2O6/c1-4-6-20-38-28(37)24-23-26(35)33(18-9-7-8-10-19-34)25(30(23)16-15-29(24,3)39-30)27(36)32(17-5-2)22-13-11-21(31)12-14-22/h4-5,11-14,23-25,34H,1-2,6-10,15-20H2,3H3/t23-,24-,25?,29+,30?/m0/s1. The summed E-state index contributed by atoms with van der Waals surface area (Å²) in [6.07, 6.45) is 7.87. The number of fused-ring (bicyclic) bond motifs is 1. The topological polar surface area (TPSA) is 96.4 Å². The number of anilines is 1. The summed E-state index contributed by atoms with van der Waals surface area (Å²) in [5.74, 6) is -2.56. The van der Waals surface area contributed by atoms with Crippen LogP contribution in [0.15, 0.2) is 49.6 Å². The lowest BCUT2D eigenvalue weighted by Crippen LogP contribution is -2.56. The molecule has 1 N–H and O–H groups in total. The summed E-state index contributed by atoms with van der Waals surface area (Å²) < 4.78 is 12.2. The number of carbonyl (C=O) groups excluding carboxylic acids is 3. The number of benzene rings is 1. The fourth-order valence-electron chi connectivity index (χ4n) is 6.60. The van der Waals surface area contributed by atoms with Gasteiger partial charge in [-0.3, -0.25) is 14.4 Å². The lowest BCUT2D eigenvalue weighted by Gasteiger charge is -2.37. The van der Waals surface area contributed by atoms with Gasteiger partial charge in [0.2, 0.25) is 5.91 Å². The van der Waals surface area contributed by atoms with Crippen molar-refractivity contribution in [1.82, 2.24) is 4.90 Å². The van der Waals surface area contributed by atoms with Crippen LogP contribution < -0.4 is 4.90 Å². The van der Waals surface area contributed by atoms with Crippen LogP contribution >= 0.6 is 11.6 Å². The van der Waals surface area contributed by atoms with Crippen molar-refractivity contribution in [3.8, 4) is 0 Å². The van der Waals surface area contributed by atoms with Gasteiger partial charge in [0.25, 0.3) is 5.91 Å². The molecule has 3 fully saturated rings. The Kier molecular flexibility index (Phi) is 9.19. The minimum atomic E-state index is -1.12. The van der Waals surface area contributed by atoms with Crippen LogP contribution in [0.1, 0.15) is 51.9 Å². The van der Waals surface area contributed by atoms with E-state index in [-0.39, 0.29) is 31.6 Å². The number of hydrogen-bond acceptors (Lipinski definition) is 6. The van der Waals surface area contributed by atoms with Gasteiger partial charge in [-0.2, -0.15) is 0 Å². The highest BCUT2D eigenvalue weighted by Gasteiger charge is 2.78. The van der Waals surface area contributed by atoms with Gasteiger partial charge in [-0.15, -0.1) is 13.2 Å². The quantitative estimate of drug-likeness (QED) is 0.208. The number of aliphatic hydroxyl groups is 1. The van der Waals surface area contributed by atoms with Crippen molar-refractivity contribution >= 4 is 35.1 Å². The van der Waals surface area contributed by atoms with E-state index in [2.05, 4.69) is 13.2 Å². The molecular formula is C30H39ClN2O6. The Balaban J connectivity index is 1.70. The van der Waals surface area contributed by atoms with Gasteiger partial charge in [-0.1, -0.05) is 36.6 Å². The first kappa shape index (κ1) is 29.3. The first-order valence-electron chi connectivity index (χ1n) is 13.8. The molecule has 1 aromatic rings. The number of nitrogens with zero attached hydrogens (tertiary/aromatic N) is 2. The Morgan fingerprint density at radius 2 is 1.90 bits per heavy atom. The van der Waals surface area contributed by atoms with E-state index in [1.807, 2.05) is 6.92 Å². The second-order valence-corrected chi connectivity index (χ2v) is 11.3. The van der Waals surface area contributed by atoms with Gasteiger partial charge < -0.3 is 24.4 Å². The zero-order valence-electron chi connectivity index (χ0n) is 22.6. The minimum absolute atomic E-state index is 0.120. The van der Waals surface area contributed by atoms with Crippen molar-refractivity contribution in [2.24, 2.45) is 11.8 Å². The van der Waals surface area contributed by atoms with Crippen molar-refractivity contribution in [3.63, 3.8) is 0 Å². The third kappa shape index (κ3) is 5.39. The van der Waals surface area contributed by atoms with E-state index in [1.54, 1.807) is 46.2 Å². The predicted molar refractivity (Wildman–Crippen MR) is 149 cm³/mol. The average molecular weight is 559 g/mol. The zero-order valence-corrected chi connectivity index (χ0v) is 23.4. The Bertz CT molecular complexity index is 1090.